The molecule has 3 atom stereocenters. The van der Waals surface area contributed by atoms with Crippen molar-refractivity contribution in [3.05, 3.63) is 16.7 Å². The minimum atomic E-state index is -1.73. The highest BCUT2D eigenvalue weighted by Crippen LogP contribution is 2.37. The van der Waals surface area contributed by atoms with Gasteiger partial charge in [-0.3, -0.25) is 14.3 Å². The molecule has 3 rings (SSSR count). The van der Waals surface area contributed by atoms with Gasteiger partial charge in [-0.1, -0.05) is 0 Å². The van der Waals surface area contributed by atoms with E-state index >= 15 is 0 Å². The van der Waals surface area contributed by atoms with Crippen LogP contribution in [0.5, 0.6) is 0 Å². The molecule has 0 bridgehead atoms. The maximum Gasteiger partial charge on any atom is 0.280 e. The third-order valence-electron chi connectivity index (χ3n) is 3.77. The lowest BCUT2D eigenvalue weighted by atomic mass is 9.97. The van der Waals surface area contributed by atoms with Gasteiger partial charge in [0.25, 0.3) is 5.56 Å². The summed E-state index contributed by atoms with van der Waals surface area (Å²) in [7, 11) is 0. The third kappa shape index (κ3) is 1.91. The SMILES string of the molecule is Nc1nc2c(ncn2[C@@H]2OC(CO)(CO)C(O)C2O)c(=O)[nH]1. The number of aromatic nitrogens is 4. The zero-order chi connectivity index (χ0) is 16.1. The molecule has 7 N–H and O–H groups in total. The summed E-state index contributed by atoms with van der Waals surface area (Å²) >= 11 is 0. The first-order valence-electron chi connectivity index (χ1n) is 6.41. The summed E-state index contributed by atoms with van der Waals surface area (Å²) in [5.41, 5.74) is 3.21. The molecule has 1 aliphatic heterocycles. The van der Waals surface area contributed by atoms with Crippen LogP contribution in [0.2, 0.25) is 0 Å². The van der Waals surface area contributed by atoms with Crippen molar-refractivity contribution in [3.63, 3.8) is 0 Å². The molecule has 0 radical (unpaired) electrons. The number of hydrogen-bond acceptors (Lipinski definition) is 9. The molecule has 3 heterocycles. The molecule has 120 valence electrons. The molecule has 0 saturated carbocycles. The van der Waals surface area contributed by atoms with Crippen LogP contribution < -0.4 is 11.3 Å². The largest absolute Gasteiger partial charge is 0.393 e. The van der Waals surface area contributed by atoms with Crippen LogP contribution in [0.3, 0.4) is 0 Å². The van der Waals surface area contributed by atoms with Gasteiger partial charge in [0, 0.05) is 0 Å². The molecule has 0 spiro atoms. The number of rotatable bonds is 3. The van der Waals surface area contributed by atoms with Crippen LogP contribution in [0.15, 0.2) is 11.1 Å². The number of nitrogens with zero attached hydrogens (tertiary/aromatic N) is 3. The molecule has 22 heavy (non-hydrogen) atoms. The predicted molar refractivity (Wildman–Crippen MR) is 71.6 cm³/mol. The van der Waals surface area contributed by atoms with Gasteiger partial charge < -0.3 is 30.9 Å². The monoisotopic (exact) mass is 313 g/mol. The number of H-pyrrole nitrogens is 1. The number of aliphatic hydroxyl groups excluding tert-OH is 4. The smallest absolute Gasteiger partial charge is 0.280 e. The van der Waals surface area contributed by atoms with Crippen molar-refractivity contribution in [2.24, 2.45) is 0 Å². The summed E-state index contributed by atoms with van der Waals surface area (Å²) in [6, 6.07) is 0. The van der Waals surface area contributed by atoms with Gasteiger partial charge in [0.05, 0.1) is 19.5 Å². The van der Waals surface area contributed by atoms with Crippen LogP contribution in [-0.2, 0) is 4.74 Å². The highest BCUT2D eigenvalue weighted by atomic mass is 16.6. The second kappa shape index (κ2) is 5.00. The second-order valence-corrected chi connectivity index (χ2v) is 5.10. The Labute approximate surface area is 122 Å². The van der Waals surface area contributed by atoms with E-state index in [4.69, 9.17) is 10.5 Å². The average Bonchev–Trinajstić information content (AvgIpc) is 3.01. The number of nitrogens with one attached hydrogen (secondary N) is 1. The van der Waals surface area contributed by atoms with Gasteiger partial charge in [0.1, 0.15) is 17.8 Å². The van der Waals surface area contributed by atoms with Gasteiger partial charge in [-0.05, 0) is 0 Å². The molecule has 11 nitrogen and oxygen atoms in total. The molecule has 1 aliphatic rings. The standard InChI is InChI=1S/C11H15N5O6/c12-10-14-7-4(8(21)15-10)13-3-16(7)9-5(19)6(20)11(1-17,2-18)22-9/h3,5-6,9,17-20H,1-2H2,(H3,12,14,15,21)/t5?,6?,9-/m1/s1. The van der Waals surface area contributed by atoms with Crippen LogP contribution in [-0.4, -0.2) is 71.0 Å². The number of aromatic amines is 1. The second-order valence-electron chi connectivity index (χ2n) is 5.10. The lowest BCUT2D eigenvalue weighted by molar-refractivity contribution is -0.149. The quantitative estimate of drug-likeness (QED) is 0.338. The van der Waals surface area contributed by atoms with Crippen molar-refractivity contribution < 1.29 is 25.2 Å². The number of aliphatic hydroxyl groups is 4. The fraction of sp³-hybridized carbons (Fsp3) is 0.545. The van der Waals surface area contributed by atoms with Crippen LogP contribution in [0.25, 0.3) is 11.2 Å². The van der Waals surface area contributed by atoms with Crippen LogP contribution >= 0.6 is 0 Å². The van der Waals surface area contributed by atoms with Crippen LogP contribution in [0.1, 0.15) is 6.23 Å². The summed E-state index contributed by atoms with van der Waals surface area (Å²) < 4.78 is 6.64. The van der Waals surface area contributed by atoms with E-state index < -0.39 is 42.8 Å². The first kappa shape index (κ1) is 14.9. The van der Waals surface area contributed by atoms with Crippen molar-refractivity contribution in [1.29, 1.82) is 0 Å². The van der Waals surface area contributed by atoms with Gasteiger partial charge >= 0.3 is 0 Å². The number of nitrogen functional groups attached to an aromatic ring is 1. The molecule has 2 unspecified atom stereocenters. The van der Waals surface area contributed by atoms with E-state index in [1.165, 1.54) is 10.9 Å². The topological polar surface area (TPSA) is 180 Å². The number of fused-ring (bicyclic) bond motifs is 1. The molecular formula is C11H15N5O6. The Kier molecular flexibility index (Phi) is 3.38. The lowest BCUT2D eigenvalue weighted by Gasteiger charge is -2.27. The maximum atomic E-state index is 11.7. The molecule has 0 aromatic carbocycles. The Bertz CT molecular complexity index is 753. The predicted octanol–water partition coefficient (Wildman–Crippen LogP) is -3.32. The molecule has 1 saturated heterocycles. The highest BCUT2D eigenvalue weighted by molar-refractivity contribution is 5.70. The number of nitrogens with two attached hydrogens (primary N) is 1. The lowest BCUT2D eigenvalue weighted by Crippen LogP contribution is -2.49. The van der Waals surface area contributed by atoms with Gasteiger partial charge in [-0.25, -0.2) is 4.98 Å². The molecule has 1 fully saturated rings. The van der Waals surface area contributed by atoms with Gasteiger partial charge in [0.2, 0.25) is 5.95 Å². The average molecular weight is 313 g/mol. The summed E-state index contributed by atoms with van der Waals surface area (Å²) in [6.07, 6.45) is -3.02. The molecule has 0 amide bonds. The number of hydrogen-bond donors (Lipinski definition) is 6. The van der Waals surface area contributed by atoms with Gasteiger partial charge in [0.15, 0.2) is 17.4 Å². The molecule has 11 heteroatoms. The van der Waals surface area contributed by atoms with Gasteiger partial charge in [-0.2, -0.15) is 4.98 Å². The minimum Gasteiger partial charge on any atom is -0.393 e. The van der Waals surface area contributed by atoms with E-state index in [1.807, 2.05) is 0 Å². The summed E-state index contributed by atoms with van der Waals surface area (Å²) in [6.45, 7) is -1.41. The molecular weight excluding hydrogens is 298 g/mol. The Hall–Kier alpha value is -2.05. The van der Waals surface area contributed by atoms with Crippen molar-refractivity contribution >= 4 is 17.1 Å². The van der Waals surface area contributed by atoms with Crippen molar-refractivity contribution in [3.8, 4) is 0 Å². The van der Waals surface area contributed by atoms with E-state index in [1.54, 1.807) is 0 Å². The summed E-state index contributed by atoms with van der Waals surface area (Å²) in [4.78, 5) is 21.8. The first-order valence-corrected chi connectivity index (χ1v) is 6.41. The highest BCUT2D eigenvalue weighted by Gasteiger charge is 2.54. The van der Waals surface area contributed by atoms with Crippen molar-refractivity contribution in [1.82, 2.24) is 19.5 Å². The Morgan fingerprint density at radius 3 is 2.68 bits per heavy atom. The maximum absolute atomic E-state index is 11.7. The van der Waals surface area contributed by atoms with E-state index in [0.717, 1.165) is 0 Å². The van der Waals surface area contributed by atoms with Crippen LogP contribution in [0.4, 0.5) is 5.95 Å². The first-order chi connectivity index (χ1) is 10.4. The van der Waals surface area contributed by atoms with Crippen molar-refractivity contribution in [2.45, 2.75) is 24.0 Å². The Morgan fingerprint density at radius 2 is 2.09 bits per heavy atom. The molecule has 2 aromatic heterocycles. The number of imidazole rings is 1. The van der Waals surface area contributed by atoms with E-state index in [-0.39, 0.29) is 17.1 Å². The number of anilines is 1. The van der Waals surface area contributed by atoms with E-state index in [9.17, 15) is 25.2 Å². The van der Waals surface area contributed by atoms with Crippen LogP contribution in [0, 0.1) is 0 Å². The molecule has 0 aliphatic carbocycles. The van der Waals surface area contributed by atoms with E-state index in [0.29, 0.717) is 0 Å². The fourth-order valence-electron chi connectivity index (χ4n) is 2.51. The Balaban J connectivity index is 2.11. The minimum absolute atomic E-state index is 0.0232. The molecule has 2 aromatic rings. The third-order valence-corrected chi connectivity index (χ3v) is 3.77. The number of ether oxygens (including phenoxy) is 1. The van der Waals surface area contributed by atoms with E-state index in [2.05, 4.69) is 15.0 Å². The summed E-state index contributed by atoms with van der Waals surface area (Å²) in [5.74, 6) is -0.150. The van der Waals surface area contributed by atoms with Gasteiger partial charge in [-0.15, -0.1) is 0 Å². The summed E-state index contributed by atoms with van der Waals surface area (Å²) in [5, 5.41) is 38.9. The zero-order valence-electron chi connectivity index (χ0n) is 11.2. The zero-order valence-corrected chi connectivity index (χ0v) is 11.2. The van der Waals surface area contributed by atoms with Crippen molar-refractivity contribution in [2.75, 3.05) is 18.9 Å². The fourth-order valence-corrected chi connectivity index (χ4v) is 2.51. The normalized spacial score (nSPS) is 27.5. The Morgan fingerprint density at radius 1 is 1.41 bits per heavy atom.